The average Bonchev–Trinajstić information content (AvgIpc) is 3.10. The van der Waals surface area contributed by atoms with Crippen LogP contribution in [0.25, 0.3) is 0 Å². The molecule has 1 atom stereocenters. The highest BCUT2D eigenvalue weighted by Crippen LogP contribution is 2.36. The first kappa shape index (κ1) is 15.8. The fraction of sp³-hybridized carbons (Fsp3) is 0.474. The molecule has 122 valence electrons. The maximum absolute atomic E-state index is 12.8. The highest BCUT2D eigenvalue weighted by atomic mass is 16.3. The van der Waals surface area contributed by atoms with Gasteiger partial charge >= 0.3 is 0 Å². The Labute approximate surface area is 137 Å². The lowest BCUT2D eigenvalue weighted by Crippen LogP contribution is -2.35. The van der Waals surface area contributed by atoms with E-state index >= 15 is 0 Å². The first-order valence-electron chi connectivity index (χ1n) is 8.54. The number of aromatic nitrogens is 1. The van der Waals surface area contributed by atoms with Crippen LogP contribution in [-0.2, 0) is 11.2 Å². The largest absolute Gasteiger partial charge is 0.469 e. The zero-order chi connectivity index (χ0) is 15.9. The summed E-state index contributed by atoms with van der Waals surface area (Å²) in [7, 11) is 0. The van der Waals surface area contributed by atoms with Gasteiger partial charge in [0.2, 0.25) is 5.91 Å². The molecule has 1 saturated carbocycles. The topological polar surface area (TPSA) is 55.1 Å². The van der Waals surface area contributed by atoms with Gasteiger partial charge in [-0.25, -0.2) is 0 Å². The Balaban J connectivity index is 1.65. The van der Waals surface area contributed by atoms with E-state index in [1.54, 1.807) is 12.5 Å². The highest BCUT2D eigenvalue weighted by molar-refractivity contribution is 5.83. The number of hydrogen-bond acceptors (Lipinski definition) is 3. The van der Waals surface area contributed by atoms with Gasteiger partial charge in [-0.05, 0) is 42.5 Å². The third-order valence-electron chi connectivity index (χ3n) is 4.70. The molecule has 2 aromatic rings. The number of carbonyl (C=O) groups is 1. The van der Waals surface area contributed by atoms with Gasteiger partial charge in [0.15, 0.2) is 0 Å². The first-order chi connectivity index (χ1) is 11.3. The van der Waals surface area contributed by atoms with E-state index in [9.17, 15) is 4.79 Å². The Morgan fingerprint density at radius 3 is 2.83 bits per heavy atom. The monoisotopic (exact) mass is 312 g/mol. The van der Waals surface area contributed by atoms with Crippen LogP contribution in [0.5, 0.6) is 0 Å². The van der Waals surface area contributed by atoms with Gasteiger partial charge in [0.05, 0.1) is 12.2 Å². The van der Waals surface area contributed by atoms with Gasteiger partial charge in [0.25, 0.3) is 0 Å². The van der Waals surface area contributed by atoms with Crippen LogP contribution in [0.15, 0.2) is 47.3 Å². The number of pyridine rings is 1. The molecule has 1 aliphatic carbocycles. The van der Waals surface area contributed by atoms with E-state index in [1.165, 1.54) is 19.3 Å². The van der Waals surface area contributed by atoms with E-state index in [2.05, 4.69) is 10.3 Å². The van der Waals surface area contributed by atoms with Gasteiger partial charge in [0.1, 0.15) is 5.76 Å². The summed E-state index contributed by atoms with van der Waals surface area (Å²) in [6.07, 6.45) is 12.0. The van der Waals surface area contributed by atoms with Crippen LogP contribution in [0, 0.1) is 5.92 Å². The lowest BCUT2D eigenvalue weighted by atomic mass is 9.76. The quantitative estimate of drug-likeness (QED) is 0.885. The average molecular weight is 312 g/mol. The zero-order valence-electron chi connectivity index (χ0n) is 13.4. The van der Waals surface area contributed by atoms with Gasteiger partial charge in [0, 0.05) is 25.4 Å². The van der Waals surface area contributed by atoms with E-state index in [0.29, 0.717) is 12.5 Å². The molecular weight excluding hydrogens is 288 g/mol. The molecule has 1 aliphatic rings. The van der Waals surface area contributed by atoms with Gasteiger partial charge in [-0.2, -0.15) is 0 Å². The standard InChI is InChI=1S/C19H24N2O2/c22-19(21-12-10-17-9-5-13-23-17)18(15-6-2-1-3-7-15)16-8-4-11-20-14-16/h4-5,8-9,11,13-15,18H,1-3,6-7,10,12H2,(H,21,22). The van der Waals surface area contributed by atoms with Crippen LogP contribution in [0.4, 0.5) is 0 Å². The summed E-state index contributed by atoms with van der Waals surface area (Å²) >= 11 is 0. The number of amides is 1. The summed E-state index contributed by atoms with van der Waals surface area (Å²) in [5.74, 6) is 1.37. The summed E-state index contributed by atoms with van der Waals surface area (Å²) in [5, 5.41) is 3.09. The van der Waals surface area contributed by atoms with Gasteiger partial charge in [-0.3, -0.25) is 9.78 Å². The van der Waals surface area contributed by atoms with E-state index in [0.717, 1.165) is 30.6 Å². The van der Waals surface area contributed by atoms with E-state index < -0.39 is 0 Å². The molecule has 2 aromatic heterocycles. The van der Waals surface area contributed by atoms with Crippen molar-refractivity contribution in [2.45, 2.75) is 44.4 Å². The summed E-state index contributed by atoms with van der Waals surface area (Å²) in [6, 6.07) is 7.75. The number of rotatable bonds is 6. The van der Waals surface area contributed by atoms with Gasteiger partial charge < -0.3 is 9.73 Å². The van der Waals surface area contributed by atoms with Crippen LogP contribution in [0.1, 0.15) is 49.3 Å². The fourth-order valence-electron chi connectivity index (χ4n) is 3.54. The predicted octanol–water partition coefficient (Wildman–Crippen LogP) is 3.70. The van der Waals surface area contributed by atoms with Crippen molar-refractivity contribution in [2.75, 3.05) is 6.54 Å². The Morgan fingerprint density at radius 1 is 1.26 bits per heavy atom. The minimum absolute atomic E-state index is 0.0828. The third-order valence-corrected chi connectivity index (χ3v) is 4.70. The van der Waals surface area contributed by atoms with Crippen LogP contribution in [0.2, 0.25) is 0 Å². The van der Waals surface area contributed by atoms with Crippen molar-refractivity contribution in [3.05, 3.63) is 54.2 Å². The first-order valence-corrected chi connectivity index (χ1v) is 8.54. The Kier molecular flexibility index (Phi) is 5.46. The molecule has 0 aromatic carbocycles. The zero-order valence-corrected chi connectivity index (χ0v) is 13.4. The van der Waals surface area contributed by atoms with Gasteiger partial charge in [-0.15, -0.1) is 0 Å². The second-order valence-electron chi connectivity index (χ2n) is 6.28. The van der Waals surface area contributed by atoms with E-state index in [1.807, 2.05) is 30.5 Å². The molecule has 23 heavy (non-hydrogen) atoms. The molecule has 3 rings (SSSR count). The molecule has 1 fully saturated rings. The Morgan fingerprint density at radius 2 is 2.13 bits per heavy atom. The van der Waals surface area contributed by atoms with Gasteiger partial charge in [-0.1, -0.05) is 25.3 Å². The van der Waals surface area contributed by atoms with Crippen LogP contribution < -0.4 is 5.32 Å². The summed E-state index contributed by atoms with van der Waals surface area (Å²) in [5.41, 5.74) is 1.04. The van der Waals surface area contributed by atoms with Crippen molar-refractivity contribution in [1.82, 2.24) is 10.3 Å². The van der Waals surface area contributed by atoms with Crippen molar-refractivity contribution in [3.63, 3.8) is 0 Å². The molecular formula is C19H24N2O2. The highest BCUT2D eigenvalue weighted by Gasteiger charge is 2.30. The minimum atomic E-state index is -0.0828. The van der Waals surface area contributed by atoms with E-state index in [-0.39, 0.29) is 11.8 Å². The molecule has 4 nitrogen and oxygen atoms in total. The van der Waals surface area contributed by atoms with Crippen molar-refractivity contribution in [2.24, 2.45) is 5.92 Å². The molecule has 2 heterocycles. The molecule has 1 N–H and O–H groups in total. The summed E-state index contributed by atoms with van der Waals surface area (Å²) in [6.45, 7) is 0.607. The summed E-state index contributed by atoms with van der Waals surface area (Å²) in [4.78, 5) is 17.0. The van der Waals surface area contributed by atoms with Crippen LogP contribution in [-0.4, -0.2) is 17.4 Å². The third kappa shape index (κ3) is 4.21. The van der Waals surface area contributed by atoms with Crippen molar-refractivity contribution >= 4 is 5.91 Å². The predicted molar refractivity (Wildman–Crippen MR) is 89.0 cm³/mol. The van der Waals surface area contributed by atoms with Crippen molar-refractivity contribution in [3.8, 4) is 0 Å². The maximum Gasteiger partial charge on any atom is 0.227 e. The number of nitrogens with zero attached hydrogens (tertiary/aromatic N) is 1. The Bertz CT molecular complexity index is 589. The maximum atomic E-state index is 12.8. The molecule has 0 spiro atoms. The lowest BCUT2D eigenvalue weighted by molar-refractivity contribution is -0.124. The van der Waals surface area contributed by atoms with Crippen molar-refractivity contribution in [1.29, 1.82) is 0 Å². The Hall–Kier alpha value is -2.10. The van der Waals surface area contributed by atoms with Crippen LogP contribution >= 0.6 is 0 Å². The fourth-order valence-corrected chi connectivity index (χ4v) is 3.54. The second kappa shape index (κ2) is 7.95. The molecule has 0 radical (unpaired) electrons. The smallest absolute Gasteiger partial charge is 0.227 e. The lowest BCUT2D eigenvalue weighted by Gasteiger charge is -2.29. The molecule has 0 aliphatic heterocycles. The van der Waals surface area contributed by atoms with Crippen molar-refractivity contribution < 1.29 is 9.21 Å². The van der Waals surface area contributed by atoms with E-state index in [4.69, 9.17) is 4.42 Å². The number of hydrogen-bond donors (Lipinski definition) is 1. The second-order valence-corrected chi connectivity index (χ2v) is 6.28. The SMILES string of the molecule is O=C(NCCc1ccco1)C(c1cccnc1)C1CCCCC1. The molecule has 4 heteroatoms. The molecule has 0 bridgehead atoms. The summed E-state index contributed by atoms with van der Waals surface area (Å²) < 4.78 is 5.32. The number of carbonyl (C=O) groups excluding carboxylic acids is 1. The number of furan rings is 1. The minimum Gasteiger partial charge on any atom is -0.469 e. The van der Waals surface area contributed by atoms with Crippen LogP contribution in [0.3, 0.4) is 0 Å². The molecule has 1 unspecified atom stereocenters. The number of nitrogens with one attached hydrogen (secondary N) is 1. The molecule has 0 saturated heterocycles. The molecule has 1 amide bonds. The normalized spacial score (nSPS) is 16.9.